The number of nitrogens with one attached hydrogen (secondary N) is 2. The predicted octanol–water partition coefficient (Wildman–Crippen LogP) is 1.55. The lowest BCUT2D eigenvalue weighted by Crippen LogP contribution is -2.35. The van der Waals surface area contributed by atoms with Gasteiger partial charge in [0.05, 0.1) is 0 Å². The highest BCUT2D eigenvalue weighted by atomic mass is 16.1. The van der Waals surface area contributed by atoms with Crippen molar-refractivity contribution >= 4 is 16.8 Å². The maximum atomic E-state index is 11.8. The molecule has 0 aliphatic heterocycles. The molecule has 1 unspecified atom stereocenters. The highest BCUT2D eigenvalue weighted by molar-refractivity contribution is 5.98. The van der Waals surface area contributed by atoms with Gasteiger partial charge in [0.15, 0.2) is 0 Å². The number of aryl methyl sites for hydroxylation is 1. The fourth-order valence-corrected chi connectivity index (χ4v) is 1.72. The summed E-state index contributed by atoms with van der Waals surface area (Å²) in [4.78, 5) is 14.9. The number of benzene rings is 1. The Labute approximate surface area is 100 Å². The molecule has 0 fully saturated rings. The van der Waals surface area contributed by atoms with Gasteiger partial charge in [0.1, 0.15) is 5.69 Å². The van der Waals surface area contributed by atoms with Crippen LogP contribution < -0.4 is 11.1 Å². The van der Waals surface area contributed by atoms with Crippen LogP contribution in [-0.4, -0.2) is 23.5 Å². The second-order valence-electron chi connectivity index (χ2n) is 4.46. The largest absolute Gasteiger partial charge is 0.351 e. The fraction of sp³-hybridized carbons (Fsp3) is 0.308. The van der Waals surface area contributed by atoms with Gasteiger partial charge in [-0.05, 0) is 32.0 Å². The third kappa shape index (κ3) is 2.65. The molecule has 0 saturated carbocycles. The first kappa shape index (κ1) is 11.7. The Balaban J connectivity index is 2.21. The molecular weight excluding hydrogens is 214 g/mol. The minimum absolute atomic E-state index is 0.0365. The van der Waals surface area contributed by atoms with Crippen LogP contribution in [0.25, 0.3) is 10.9 Å². The molecule has 1 aromatic heterocycles. The third-order valence-electron chi connectivity index (χ3n) is 2.61. The lowest BCUT2D eigenvalue weighted by molar-refractivity contribution is 0.0947. The van der Waals surface area contributed by atoms with Crippen LogP contribution in [0.4, 0.5) is 0 Å². The smallest absolute Gasteiger partial charge is 0.267 e. The van der Waals surface area contributed by atoms with Crippen LogP contribution in [0.15, 0.2) is 24.3 Å². The van der Waals surface area contributed by atoms with Gasteiger partial charge in [-0.25, -0.2) is 0 Å². The first-order valence-corrected chi connectivity index (χ1v) is 5.69. The quantitative estimate of drug-likeness (QED) is 0.750. The zero-order valence-electron chi connectivity index (χ0n) is 10.1. The molecule has 4 nitrogen and oxygen atoms in total. The van der Waals surface area contributed by atoms with E-state index in [1.54, 1.807) is 0 Å². The average molecular weight is 231 g/mol. The van der Waals surface area contributed by atoms with E-state index in [4.69, 9.17) is 5.73 Å². The summed E-state index contributed by atoms with van der Waals surface area (Å²) in [7, 11) is 0. The summed E-state index contributed by atoms with van der Waals surface area (Å²) in [5, 5.41) is 3.83. The van der Waals surface area contributed by atoms with E-state index in [0.29, 0.717) is 12.2 Å². The van der Waals surface area contributed by atoms with Gasteiger partial charge in [0.2, 0.25) is 0 Å². The molecule has 1 aromatic carbocycles. The maximum Gasteiger partial charge on any atom is 0.267 e. The molecule has 0 saturated heterocycles. The molecule has 0 spiro atoms. The van der Waals surface area contributed by atoms with E-state index in [1.165, 1.54) is 5.56 Å². The summed E-state index contributed by atoms with van der Waals surface area (Å²) in [6.07, 6.45) is 0. The number of H-pyrrole nitrogens is 1. The second-order valence-corrected chi connectivity index (χ2v) is 4.46. The van der Waals surface area contributed by atoms with Gasteiger partial charge in [-0.2, -0.15) is 0 Å². The van der Waals surface area contributed by atoms with E-state index in [2.05, 4.69) is 10.3 Å². The molecule has 4 N–H and O–H groups in total. The van der Waals surface area contributed by atoms with Crippen LogP contribution in [-0.2, 0) is 0 Å². The third-order valence-corrected chi connectivity index (χ3v) is 2.61. The Bertz CT molecular complexity index is 543. The zero-order valence-corrected chi connectivity index (χ0v) is 10.1. The molecule has 0 bridgehead atoms. The number of nitrogens with two attached hydrogens (primary N) is 1. The number of carbonyl (C=O) groups excluding carboxylic acids is 1. The number of amides is 1. The molecule has 17 heavy (non-hydrogen) atoms. The molecular formula is C13H17N3O. The first-order chi connectivity index (χ1) is 8.06. The number of aromatic nitrogens is 1. The van der Waals surface area contributed by atoms with Gasteiger partial charge >= 0.3 is 0 Å². The molecule has 2 rings (SSSR count). The Kier molecular flexibility index (Phi) is 3.15. The molecule has 0 aliphatic carbocycles. The Morgan fingerprint density at radius 3 is 2.94 bits per heavy atom. The van der Waals surface area contributed by atoms with Crippen LogP contribution in [0.5, 0.6) is 0 Å². The summed E-state index contributed by atoms with van der Waals surface area (Å²) in [6.45, 7) is 4.37. The Morgan fingerprint density at radius 1 is 1.47 bits per heavy atom. The van der Waals surface area contributed by atoms with Gasteiger partial charge in [-0.1, -0.05) is 11.6 Å². The van der Waals surface area contributed by atoms with E-state index in [1.807, 2.05) is 38.1 Å². The summed E-state index contributed by atoms with van der Waals surface area (Å²) in [6, 6.07) is 7.87. The molecule has 0 aliphatic rings. The summed E-state index contributed by atoms with van der Waals surface area (Å²) >= 11 is 0. The number of aromatic amines is 1. The van der Waals surface area contributed by atoms with E-state index in [0.717, 1.165) is 10.9 Å². The number of hydrogen-bond donors (Lipinski definition) is 3. The number of rotatable bonds is 3. The molecule has 4 heteroatoms. The number of hydrogen-bond acceptors (Lipinski definition) is 2. The number of fused-ring (bicyclic) bond motifs is 1. The van der Waals surface area contributed by atoms with Gasteiger partial charge < -0.3 is 16.0 Å². The van der Waals surface area contributed by atoms with Crippen LogP contribution in [0.1, 0.15) is 23.0 Å². The minimum atomic E-state index is -0.115. The zero-order chi connectivity index (χ0) is 12.4. The van der Waals surface area contributed by atoms with Gasteiger partial charge in [0, 0.05) is 23.5 Å². The molecule has 1 amide bonds. The van der Waals surface area contributed by atoms with E-state index in [9.17, 15) is 4.79 Å². The van der Waals surface area contributed by atoms with Crippen LogP contribution >= 0.6 is 0 Å². The van der Waals surface area contributed by atoms with Crippen LogP contribution in [0.3, 0.4) is 0 Å². The van der Waals surface area contributed by atoms with Gasteiger partial charge in [0.25, 0.3) is 5.91 Å². The average Bonchev–Trinajstić information content (AvgIpc) is 2.68. The van der Waals surface area contributed by atoms with E-state index in [-0.39, 0.29) is 11.9 Å². The molecule has 2 aromatic rings. The van der Waals surface area contributed by atoms with Crippen LogP contribution in [0, 0.1) is 6.92 Å². The van der Waals surface area contributed by atoms with Crippen molar-refractivity contribution in [3.8, 4) is 0 Å². The lowest BCUT2D eigenvalue weighted by Gasteiger charge is -2.05. The van der Waals surface area contributed by atoms with Crippen molar-refractivity contribution in [1.29, 1.82) is 0 Å². The summed E-state index contributed by atoms with van der Waals surface area (Å²) < 4.78 is 0. The minimum Gasteiger partial charge on any atom is -0.351 e. The standard InChI is InChI=1S/C13H17N3O/c1-8-3-4-11-10(5-8)6-12(16-11)13(17)15-7-9(2)14/h3-6,9,16H,7,14H2,1-2H3,(H,15,17). The topological polar surface area (TPSA) is 70.9 Å². The molecule has 1 heterocycles. The summed E-state index contributed by atoms with van der Waals surface area (Å²) in [5.74, 6) is -0.115. The molecule has 90 valence electrons. The van der Waals surface area contributed by atoms with E-state index < -0.39 is 0 Å². The molecule has 1 atom stereocenters. The van der Waals surface area contributed by atoms with Crippen molar-refractivity contribution in [3.05, 3.63) is 35.5 Å². The second kappa shape index (κ2) is 4.59. The van der Waals surface area contributed by atoms with Crippen molar-refractivity contribution < 1.29 is 4.79 Å². The predicted molar refractivity (Wildman–Crippen MR) is 69.0 cm³/mol. The van der Waals surface area contributed by atoms with E-state index >= 15 is 0 Å². The number of carbonyl (C=O) groups is 1. The monoisotopic (exact) mass is 231 g/mol. The Hall–Kier alpha value is -1.81. The van der Waals surface area contributed by atoms with Crippen molar-refractivity contribution in [1.82, 2.24) is 10.3 Å². The molecule has 0 radical (unpaired) electrons. The lowest BCUT2D eigenvalue weighted by atomic mass is 10.2. The fourth-order valence-electron chi connectivity index (χ4n) is 1.72. The van der Waals surface area contributed by atoms with Crippen molar-refractivity contribution in [2.24, 2.45) is 5.73 Å². The van der Waals surface area contributed by atoms with Crippen molar-refractivity contribution in [3.63, 3.8) is 0 Å². The van der Waals surface area contributed by atoms with Crippen LogP contribution in [0.2, 0.25) is 0 Å². The summed E-state index contributed by atoms with van der Waals surface area (Å²) in [5.41, 5.74) is 8.32. The normalized spacial score (nSPS) is 12.6. The first-order valence-electron chi connectivity index (χ1n) is 5.69. The Morgan fingerprint density at radius 2 is 2.24 bits per heavy atom. The van der Waals surface area contributed by atoms with Crippen molar-refractivity contribution in [2.75, 3.05) is 6.54 Å². The van der Waals surface area contributed by atoms with Gasteiger partial charge in [-0.15, -0.1) is 0 Å². The SMILES string of the molecule is Cc1ccc2[nH]c(C(=O)NCC(C)N)cc2c1. The highest BCUT2D eigenvalue weighted by Crippen LogP contribution is 2.16. The maximum absolute atomic E-state index is 11.8. The highest BCUT2D eigenvalue weighted by Gasteiger charge is 2.09. The van der Waals surface area contributed by atoms with Crippen molar-refractivity contribution in [2.45, 2.75) is 19.9 Å². The van der Waals surface area contributed by atoms with Gasteiger partial charge in [-0.3, -0.25) is 4.79 Å².